The van der Waals surface area contributed by atoms with E-state index < -0.39 is 0 Å². The van der Waals surface area contributed by atoms with E-state index in [1.807, 2.05) is 45.9 Å². The average molecular weight is 516 g/mol. The summed E-state index contributed by atoms with van der Waals surface area (Å²) < 4.78 is 13.7. The molecule has 2 fully saturated rings. The predicted molar refractivity (Wildman–Crippen MR) is 147 cm³/mol. The number of hydrogen-bond donors (Lipinski definition) is 0. The van der Waals surface area contributed by atoms with Crippen LogP contribution in [0.3, 0.4) is 0 Å². The molecule has 2 aliphatic heterocycles. The second kappa shape index (κ2) is 11.2. The summed E-state index contributed by atoms with van der Waals surface area (Å²) in [7, 11) is 0. The largest absolute Gasteiger partial charge is 0.382 e. The molecule has 0 radical (unpaired) electrons. The van der Waals surface area contributed by atoms with Crippen LogP contribution in [0.1, 0.15) is 39.7 Å². The van der Waals surface area contributed by atoms with Crippen LogP contribution in [0.4, 0.5) is 5.69 Å². The Morgan fingerprint density at radius 1 is 1.17 bits per heavy atom. The summed E-state index contributed by atoms with van der Waals surface area (Å²) in [6, 6.07) is 7.98. The number of para-hydroxylation sites is 1. The number of thioether (sulfide) groups is 1. The van der Waals surface area contributed by atoms with E-state index in [-0.39, 0.29) is 23.7 Å². The van der Waals surface area contributed by atoms with E-state index in [1.54, 1.807) is 15.5 Å². The Morgan fingerprint density at radius 3 is 2.57 bits per heavy atom. The third-order valence-electron chi connectivity index (χ3n) is 6.26. The highest BCUT2D eigenvalue weighted by atomic mass is 32.2. The summed E-state index contributed by atoms with van der Waals surface area (Å²) >= 11 is 6.77. The summed E-state index contributed by atoms with van der Waals surface area (Å²) in [5.74, 6) is -0.151. The number of pyridine rings is 1. The molecule has 0 bridgehead atoms. The summed E-state index contributed by atoms with van der Waals surface area (Å²) in [5.41, 5.74) is 2.18. The van der Waals surface area contributed by atoms with Gasteiger partial charge in [0.25, 0.3) is 11.5 Å². The summed E-state index contributed by atoms with van der Waals surface area (Å²) in [6.07, 6.45) is 2.52. The molecule has 188 valence electrons. The molecule has 2 unspecified atom stereocenters. The third kappa shape index (κ3) is 5.33. The maximum absolute atomic E-state index is 13.8. The first kappa shape index (κ1) is 25.9. The van der Waals surface area contributed by atoms with E-state index in [0.717, 1.165) is 16.6 Å². The number of anilines is 1. The van der Waals surface area contributed by atoms with Gasteiger partial charge in [-0.1, -0.05) is 42.2 Å². The standard InChI is InChI=1S/C26H33N3O4S2/c1-5-28-21-11-8-7-10-19(21)23(27-15-17(3)33-18(4)16-27)20(24(28)30)14-22-25(31)29(26(34)35-22)12-9-13-32-6-2/h7-8,10-11,14,17-18H,5-6,9,12-13,15-16H2,1-4H3. The Hall–Kier alpha value is -2.20. The van der Waals surface area contributed by atoms with Gasteiger partial charge in [0.1, 0.15) is 4.32 Å². The minimum Gasteiger partial charge on any atom is -0.382 e. The van der Waals surface area contributed by atoms with Gasteiger partial charge in [0.05, 0.1) is 33.9 Å². The summed E-state index contributed by atoms with van der Waals surface area (Å²) in [5, 5.41) is 0.994. The van der Waals surface area contributed by atoms with Gasteiger partial charge in [-0.15, -0.1) is 0 Å². The van der Waals surface area contributed by atoms with E-state index in [1.165, 1.54) is 11.8 Å². The number of fused-ring (bicyclic) bond motifs is 1. The van der Waals surface area contributed by atoms with E-state index >= 15 is 0 Å². The topological polar surface area (TPSA) is 64.0 Å². The molecule has 1 aromatic heterocycles. The normalized spacial score (nSPS) is 22.1. The molecule has 0 N–H and O–H groups in total. The predicted octanol–water partition coefficient (Wildman–Crippen LogP) is 4.26. The van der Waals surface area contributed by atoms with Gasteiger partial charge in [-0.3, -0.25) is 14.5 Å². The summed E-state index contributed by atoms with van der Waals surface area (Å²) in [6.45, 7) is 11.6. The molecular weight excluding hydrogens is 482 g/mol. The molecule has 2 atom stereocenters. The van der Waals surface area contributed by atoms with Crippen LogP contribution in [0, 0.1) is 0 Å². The molecule has 1 aromatic carbocycles. The van der Waals surface area contributed by atoms with Crippen molar-refractivity contribution in [1.29, 1.82) is 0 Å². The first-order valence-corrected chi connectivity index (χ1v) is 13.5. The first-order valence-electron chi connectivity index (χ1n) is 12.2. The first-order chi connectivity index (χ1) is 16.8. The molecule has 4 rings (SSSR count). The zero-order valence-electron chi connectivity index (χ0n) is 20.8. The lowest BCUT2D eigenvalue weighted by atomic mass is 10.0. The number of aromatic nitrogens is 1. The number of carbonyl (C=O) groups excluding carboxylic acids is 1. The number of benzene rings is 1. The molecule has 35 heavy (non-hydrogen) atoms. The number of morpholine rings is 1. The third-order valence-corrected chi connectivity index (χ3v) is 7.63. The van der Waals surface area contributed by atoms with Gasteiger partial charge in [0, 0.05) is 44.8 Å². The quantitative estimate of drug-likeness (QED) is 0.296. The van der Waals surface area contributed by atoms with Crippen LogP contribution in [0.5, 0.6) is 0 Å². The number of hydrogen-bond acceptors (Lipinski definition) is 7. The molecule has 1 amide bonds. The van der Waals surface area contributed by atoms with Gasteiger partial charge in [0.15, 0.2) is 0 Å². The Morgan fingerprint density at radius 2 is 1.89 bits per heavy atom. The lowest BCUT2D eigenvalue weighted by Gasteiger charge is -2.38. The van der Waals surface area contributed by atoms with Crippen molar-refractivity contribution in [1.82, 2.24) is 9.47 Å². The number of ether oxygens (including phenoxy) is 2. The molecule has 0 aliphatic carbocycles. The fourth-order valence-electron chi connectivity index (χ4n) is 4.85. The second-order valence-electron chi connectivity index (χ2n) is 8.87. The highest BCUT2D eigenvalue weighted by Crippen LogP contribution is 2.37. The molecule has 9 heteroatoms. The van der Waals surface area contributed by atoms with E-state index in [9.17, 15) is 9.59 Å². The van der Waals surface area contributed by atoms with Gasteiger partial charge in [-0.05, 0) is 46.3 Å². The zero-order chi connectivity index (χ0) is 25.1. The SMILES string of the molecule is CCOCCCN1C(=O)C(=Cc2c(N3CC(C)OC(C)C3)c3ccccc3n(CC)c2=O)SC1=S. The number of nitrogens with zero attached hydrogens (tertiary/aromatic N) is 3. The average Bonchev–Trinajstić information content (AvgIpc) is 3.09. The molecule has 2 aliphatic rings. The van der Waals surface area contributed by atoms with Crippen molar-refractivity contribution in [2.24, 2.45) is 0 Å². The number of thiocarbonyl (C=S) groups is 1. The Labute approximate surface area is 216 Å². The molecular formula is C26H33N3O4S2. The highest BCUT2D eigenvalue weighted by molar-refractivity contribution is 8.26. The van der Waals surface area contributed by atoms with E-state index in [4.69, 9.17) is 21.7 Å². The van der Waals surface area contributed by atoms with Crippen LogP contribution >= 0.6 is 24.0 Å². The monoisotopic (exact) mass is 515 g/mol. The smallest absolute Gasteiger partial charge is 0.266 e. The highest BCUT2D eigenvalue weighted by Gasteiger charge is 2.33. The lowest BCUT2D eigenvalue weighted by molar-refractivity contribution is -0.122. The van der Waals surface area contributed by atoms with Crippen molar-refractivity contribution in [2.75, 3.05) is 37.7 Å². The van der Waals surface area contributed by atoms with Crippen molar-refractivity contribution in [3.63, 3.8) is 0 Å². The van der Waals surface area contributed by atoms with Crippen LogP contribution in [-0.4, -0.2) is 64.8 Å². The maximum Gasteiger partial charge on any atom is 0.266 e. The number of aryl methyl sites for hydroxylation is 1. The van der Waals surface area contributed by atoms with Gasteiger partial charge in [-0.25, -0.2) is 0 Å². The minimum absolute atomic E-state index is 0.0301. The van der Waals surface area contributed by atoms with Crippen LogP contribution < -0.4 is 10.5 Å². The Balaban J connectivity index is 1.82. The van der Waals surface area contributed by atoms with Crippen molar-refractivity contribution < 1.29 is 14.3 Å². The van der Waals surface area contributed by atoms with Crippen molar-refractivity contribution in [2.45, 2.75) is 52.9 Å². The Kier molecular flexibility index (Phi) is 8.31. The van der Waals surface area contributed by atoms with Gasteiger partial charge in [0.2, 0.25) is 0 Å². The molecule has 2 aromatic rings. The van der Waals surface area contributed by atoms with Crippen molar-refractivity contribution in [3.05, 3.63) is 45.1 Å². The van der Waals surface area contributed by atoms with Gasteiger partial charge >= 0.3 is 0 Å². The van der Waals surface area contributed by atoms with Gasteiger partial charge in [-0.2, -0.15) is 0 Å². The summed E-state index contributed by atoms with van der Waals surface area (Å²) in [4.78, 5) is 31.4. The number of rotatable bonds is 8. The molecule has 7 nitrogen and oxygen atoms in total. The van der Waals surface area contributed by atoms with Crippen LogP contribution in [0.2, 0.25) is 0 Å². The van der Waals surface area contributed by atoms with Crippen LogP contribution in [-0.2, 0) is 20.8 Å². The number of amides is 1. The Bertz CT molecular complexity index is 1200. The van der Waals surface area contributed by atoms with Crippen molar-refractivity contribution >= 4 is 56.9 Å². The fraction of sp³-hybridized carbons (Fsp3) is 0.500. The molecule has 0 spiro atoms. The number of carbonyl (C=O) groups is 1. The molecule has 2 saturated heterocycles. The molecule has 0 saturated carbocycles. The van der Waals surface area contributed by atoms with Gasteiger partial charge < -0.3 is 18.9 Å². The fourth-order valence-corrected chi connectivity index (χ4v) is 6.14. The molecule has 3 heterocycles. The van der Waals surface area contributed by atoms with Crippen LogP contribution in [0.25, 0.3) is 17.0 Å². The van der Waals surface area contributed by atoms with E-state index in [0.29, 0.717) is 60.6 Å². The van der Waals surface area contributed by atoms with Crippen LogP contribution in [0.15, 0.2) is 34.0 Å². The van der Waals surface area contributed by atoms with E-state index in [2.05, 4.69) is 11.0 Å². The zero-order valence-corrected chi connectivity index (χ0v) is 22.4. The second-order valence-corrected chi connectivity index (χ2v) is 10.6. The lowest BCUT2D eigenvalue weighted by Crippen LogP contribution is -2.46. The maximum atomic E-state index is 13.8. The minimum atomic E-state index is -0.151. The van der Waals surface area contributed by atoms with Crippen molar-refractivity contribution in [3.8, 4) is 0 Å².